The molecule has 0 aliphatic carbocycles. The quantitative estimate of drug-likeness (QED) is 0.382. The van der Waals surface area contributed by atoms with Gasteiger partial charge in [0.25, 0.3) is 0 Å². The number of hydrogen-bond acceptors (Lipinski definition) is 3. The lowest BCUT2D eigenvalue weighted by molar-refractivity contribution is 0.311. The van der Waals surface area contributed by atoms with E-state index in [0.29, 0.717) is 0 Å². The van der Waals surface area contributed by atoms with Crippen LogP contribution in [-0.4, -0.2) is 30.7 Å². The van der Waals surface area contributed by atoms with Crippen molar-refractivity contribution in [3.63, 3.8) is 0 Å². The van der Waals surface area contributed by atoms with E-state index in [1.807, 2.05) is 0 Å². The fourth-order valence-corrected chi connectivity index (χ4v) is 2.27. The number of nitrogens with zero attached hydrogens (tertiary/aromatic N) is 1. The first-order chi connectivity index (χ1) is 9.27. The van der Waals surface area contributed by atoms with Gasteiger partial charge in [-0.25, -0.2) is 5.90 Å². The van der Waals surface area contributed by atoms with Crippen LogP contribution in [-0.2, 0) is 0 Å². The van der Waals surface area contributed by atoms with Crippen LogP contribution in [0.5, 0.6) is 0 Å². The highest BCUT2D eigenvalue weighted by Gasteiger charge is 1.94. The van der Waals surface area contributed by atoms with Gasteiger partial charge in [0.2, 0.25) is 0 Å². The Bertz CT molecular complexity index is 141. The fraction of sp³-hybridized carbons (Fsp3) is 1.00. The van der Waals surface area contributed by atoms with Crippen LogP contribution in [0.2, 0.25) is 0 Å². The highest BCUT2D eigenvalue weighted by Crippen LogP contribution is 2.11. The zero-order valence-electron chi connectivity index (χ0n) is 13.7. The summed E-state index contributed by atoms with van der Waals surface area (Å²) in [7, 11) is 4.33. The number of rotatable bonds is 13. The minimum Gasteiger partial charge on any atom is -0.320 e. The summed E-state index contributed by atoms with van der Waals surface area (Å²) in [6.07, 6.45) is 17.3. The van der Waals surface area contributed by atoms with Crippen molar-refractivity contribution in [2.24, 2.45) is 5.90 Å². The second kappa shape index (κ2) is 20.2. The summed E-state index contributed by atoms with van der Waals surface area (Å²) in [6, 6.07) is 0. The van der Waals surface area contributed by atoms with Crippen LogP contribution in [0.4, 0.5) is 0 Å². The van der Waals surface area contributed by atoms with Crippen LogP contribution in [0.15, 0.2) is 0 Å². The highest BCUT2D eigenvalue weighted by molar-refractivity contribution is 4.49. The van der Waals surface area contributed by atoms with Crippen LogP contribution in [0.3, 0.4) is 0 Å². The molecule has 0 rings (SSSR count). The molecule has 0 aromatic carbocycles. The maximum atomic E-state index is 6.50. The Labute approximate surface area is 121 Å². The van der Waals surface area contributed by atoms with Crippen molar-refractivity contribution in [1.29, 1.82) is 0 Å². The first kappa shape index (κ1) is 21.2. The molecule has 0 bridgehead atoms. The van der Waals surface area contributed by atoms with Gasteiger partial charge in [0, 0.05) is 0 Å². The summed E-state index contributed by atoms with van der Waals surface area (Å²) in [5, 5.41) is 6.50. The lowest BCUT2D eigenvalue weighted by Gasteiger charge is -2.08. The van der Waals surface area contributed by atoms with E-state index in [1.54, 1.807) is 0 Å². The highest BCUT2D eigenvalue weighted by atomic mass is 16.4. The third kappa shape index (κ3) is 23.4. The number of unbranched alkanes of at least 4 members (excludes halogenated alkanes) is 11. The van der Waals surface area contributed by atoms with E-state index < -0.39 is 0 Å². The smallest absolute Gasteiger partial charge is 0.00248 e. The van der Waals surface area contributed by atoms with Gasteiger partial charge in [-0.2, -0.15) is 0 Å². The van der Waals surface area contributed by atoms with Crippen molar-refractivity contribution in [3.8, 4) is 0 Å². The summed E-state index contributed by atoms with van der Waals surface area (Å²) in [5.74, 6) is 3.50. The summed E-state index contributed by atoms with van der Waals surface area (Å²) in [4.78, 5) is 2.29. The second-order valence-corrected chi connectivity index (χ2v) is 5.69. The van der Waals surface area contributed by atoms with E-state index in [0.717, 1.165) is 0 Å². The van der Waals surface area contributed by atoms with Crippen molar-refractivity contribution in [1.82, 2.24) is 4.90 Å². The molecule has 0 saturated carbocycles. The third-order valence-electron chi connectivity index (χ3n) is 3.46. The van der Waals surface area contributed by atoms with Crippen molar-refractivity contribution >= 4 is 0 Å². The molecule has 3 N–H and O–H groups in total. The summed E-state index contributed by atoms with van der Waals surface area (Å²) in [5.41, 5.74) is 0. The molecule has 0 radical (unpaired) electrons. The maximum Gasteiger partial charge on any atom is -0.00248 e. The first-order valence-corrected chi connectivity index (χ1v) is 8.18. The number of hydrogen-bond donors (Lipinski definition) is 2. The van der Waals surface area contributed by atoms with E-state index in [-0.39, 0.29) is 0 Å². The molecule has 0 spiro atoms. The predicted molar refractivity (Wildman–Crippen MR) is 85.6 cm³/mol. The molecule has 19 heavy (non-hydrogen) atoms. The SMILES string of the molecule is CCCCCCCCCCCCCCN(C)C.NO. The molecule has 0 heterocycles. The molecule has 0 unspecified atom stereocenters. The Hall–Kier alpha value is -0.120. The Balaban J connectivity index is 0. The second-order valence-electron chi connectivity index (χ2n) is 5.69. The van der Waals surface area contributed by atoms with Crippen molar-refractivity contribution in [2.75, 3.05) is 20.6 Å². The minimum absolute atomic E-state index is 1.26. The van der Waals surface area contributed by atoms with Gasteiger partial charge in [0.05, 0.1) is 0 Å². The van der Waals surface area contributed by atoms with Gasteiger partial charge in [0.15, 0.2) is 0 Å². The molecule has 118 valence electrons. The van der Waals surface area contributed by atoms with Crippen molar-refractivity contribution < 1.29 is 5.21 Å². The molecule has 0 amide bonds. The zero-order valence-corrected chi connectivity index (χ0v) is 13.7. The van der Waals surface area contributed by atoms with Crippen LogP contribution in [0.1, 0.15) is 84.0 Å². The topological polar surface area (TPSA) is 49.5 Å². The van der Waals surface area contributed by atoms with Gasteiger partial charge in [0.1, 0.15) is 0 Å². The van der Waals surface area contributed by atoms with Gasteiger partial charge in [-0.3, -0.25) is 0 Å². The number of nitrogens with two attached hydrogens (primary N) is 1. The Kier molecular flexibility index (Phi) is 22.5. The van der Waals surface area contributed by atoms with Crippen molar-refractivity contribution in [3.05, 3.63) is 0 Å². The zero-order chi connectivity index (χ0) is 14.8. The van der Waals surface area contributed by atoms with Crippen LogP contribution < -0.4 is 5.90 Å². The summed E-state index contributed by atoms with van der Waals surface area (Å²) in [6.45, 7) is 3.55. The average Bonchev–Trinajstić information content (AvgIpc) is 2.42. The Morgan fingerprint density at radius 3 is 1.26 bits per heavy atom. The maximum absolute atomic E-state index is 6.50. The Morgan fingerprint density at radius 1 is 0.632 bits per heavy atom. The largest absolute Gasteiger partial charge is 0.320 e. The molecule has 0 saturated heterocycles. The summed E-state index contributed by atoms with van der Waals surface area (Å²) < 4.78 is 0. The third-order valence-corrected chi connectivity index (χ3v) is 3.46. The fourth-order valence-electron chi connectivity index (χ4n) is 2.27. The van der Waals surface area contributed by atoms with Crippen LogP contribution in [0.25, 0.3) is 0 Å². The predicted octanol–water partition coefficient (Wildman–Crippen LogP) is 4.58. The molecule has 0 atom stereocenters. The van der Waals surface area contributed by atoms with Crippen molar-refractivity contribution in [2.45, 2.75) is 84.0 Å². The van der Waals surface area contributed by atoms with E-state index in [2.05, 4.69) is 31.8 Å². The Morgan fingerprint density at radius 2 is 0.947 bits per heavy atom. The first-order valence-electron chi connectivity index (χ1n) is 8.18. The van der Waals surface area contributed by atoms with E-state index in [9.17, 15) is 0 Å². The monoisotopic (exact) mass is 274 g/mol. The van der Waals surface area contributed by atoms with E-state index in [4.69, 9.17) is 5.21 Å². The molecule has 0 fully saturated rings. The summed E-state index contributed by atoms with van der Waals surface area (Å²) >= 11 is 0. The van der Waals surface area contributed by atoms with Gasteiger partial charge in [-0.1, -0.05) is 77.6 Å². The lowest BCUT2D eigenvalue weighted by Crippen LogP contribution is -2.12. The molecule has 0 aliphatic heterocycles. The molecular formula is C16H38N2O. The van der Waals surface area contributed by atoms with Gasteiger partial charge >= 0.3 is 0 Å². The lowest BCUT2D eigenvalue weighted by atomic mass is 10.1. The molecule has 0 aromatic heterocycles. The molecule has 3 heteroatoms. The van der Waals surface area contributed by atoms with E-state index in [1.165, 1.54) is 83.6 Å². The molecular weight excluding hydrogens is 236 g/mol. The average molecular weight is 274 g/mol. The molecule has 0 aliphatic rings. The van der Waals surface area contributed by atoms with Gasteiger partial charge < -0.3 is 10.1 Å². The standard InChI is InChI=1S/C16H35N.H3NO/c1-4-5-6-7-8-9-10-11-12-13-14-15-16-17(2)3;1-2/h4-16H2,1-3H3;2H,1H2. The minimum atomic E-state index is 1.26. The van der Waals surface area contributed by atoms with Gasteiger partial charge in [-0.15, -0.1) is 0 Å². The van der Waals surface area contributed by atoms with Gasteiger partial charge in [-0.05, 0) is 27.1 Å². The normalized spacial score (nSPS) is 10.4. The van der Waals surface area contributed by atoms with Crippen LogP contribution in [0, 0.1) is 0 Å². The van der Waals surface area contributed by atoms with E-state index >= 15 is 0 Å². The molecule has 3 nitrogen and oxygen atoms in total. The van der Waals surface area contributed by atoms with Crippen LogP contribution >= 0.6 is 0 Å². The molecule has 0 aromatic rings.